The summed E-state index contributed by atoms with van der Waals surface area (Å²) in [6.07, 6.45) is 3.00. The zero-order chi connectivity index (χ0) is 22.7. The normalized spacial score (nSPS) is 20.3. The van der Waals surface area contributed by atoms with Crippen LogP contribution in [0.2, 0.25) is 0 Å². The molecule has 2 fully saturated rings. The maximum Gasteiger partial charge on any atom is 0.272 e. The number of likely N-dealkylation sites (tertiary alicyclic amines) is 1. The fourth-order valence-electron chi connectivity index (χ4n) is 4.12. The first-order valence-electron chi connectivity index (χ1n) is 10.5. The number of nitrogens with one attached hydrogen (secondary N) is 2. The second-order valence-electron chi connectivity index (χ2n) is 7.91. The van der Waals surface area contributed by atoms with Gasteiger partial charge in [-0.2, -0.15) is 16.1 Å². The molecule has 11 heteroatoms. The first-order valence-corrected chi connectivity index (χ1v) is 13.1. The van der Waals surface area contributed by atoms with Crippen molar-refractivity contribution in [3.8, 4) is 0 Å². The fraction of sp³-hybridized carbons (Fsp3) is 0.429. The predicted molar refractivity (Wildman–Crippen MR) is 124 cm³/mol. The standard InChI is InChI=1S/C21H27N5O4S2/c22-20(27)19-6-3-7-25(19)14-15-4-1-2-5-17(15)24-21(28)18-12-16(13-23-18)32(29,30)26-8-10-31-11-9-26/h1-2,4-5,12-13,19,23H,3,6-11,14H2,(H2,22,27)(H,24,28). The van der Waals surface area contributed by atoms with E-state index in [0.29, 0.717) is 25.3 Å². The minimum atomic E-state index is -3.63. The van der Waals surface area contributed by atoms with Crippen LogP contribution in [0.25, 0.3) is 0 Å². The van der Waals surface area contributed by atoms with E-state index in [0.717, 1.165) is 36.5 Å². The molecule has 2 amide bonds. The third-order valence-corrected chi connectivity index (χ3v) is 8.66. The van der Waals surface area contributed by atoms with E-state index >= 15 is 0 Å². The molecule has 0 saturated carbocycles. The van der Waals surface area contributed by atoms with Gasteiger partial charge in [0, 0.05) is 43.0 Å². The van der Waals surface area contributed by atoms with E-state index in [9.17, 15) is 18.0 Å². The lowest BCUT2D eigenvalue weighted by molar-refractivity contribution is -0.122. The number of aromatic amines is 1. The Balaban J connectivity index is 1.48. The van der Waals surface area contributed by atoms with Crippen molar-refractivity contribution in [2.24, 2.45) is 5.73 Å². The number of H-pyrrole nitrogens is 1. The molecule has 1 unspecified atom stereocenters. The van der Waals surface area contributed by atoms with E-state index in [2.05, 4.69) is 10.3 Å². The largest absolute Gasteiger partial charge is 0.368 e. The number of aromatic nitrogens is 1. The van der Waals surface area contributed by atoms with Gasteiger partial charge in [-0.1, -0.05) is 18.2 Å². The lowest BCUT2D eigenvalue weighted by Crippen LogP contribution is -2.39. The maximum absolute atomic E-state index is 12.9. The van der Waals surface area contributed by atoms with Crippen LogP contribution in [0.1, 0.15) is 28.9 Å². The monoisotopic (exact) mass is 477 g/mol. The molecule has 9 nitrogen and oxygen atoms in total. The summed E-state index contributed by atoms with van der Waals surface area (Å²) in [5.41, 5.74) is 7.16. The molecule has 0 bridgehead atoms. The van der Waals surface area contributed by atoms with E-state index in [1.54, 1.807) is 17.8 Å². The molecule has 2 aliphatic rings. The number of nitrogens with zero attached hydrogens (tertiary/aromatic N) is 2. The van der Waals surface area contributed by atoms with Crippen LogP contribution >= 0.6 is 11.8 Å². The molecule has 1 aromatic heterocycles. The molecule has 1 atom stereocenters. The first-order chi connectivity index (χ1) is 15.4. The number of carbonyl (C=O) groups excluding carboxylic acids is 2. The Labute approximate surface area is 191 Å². The van der Waals surface area contributed by atoms with Gasteiger partial charge in [0.15, 0.2) is 0 Å². The number of para-hydroxylation sites is 1. The van der Waals surface area contributed by atoms with Crippen molar-refractivity contribution in [1.29, 1.82) is 0 Å². The lowest BCUT2D eigenvalue weighted by Gasteiger charge is -2.24. The highest BCUT2D eigenvalue weighted by molar-refractivity contribution is 7.99. The lowest BCUT2D eigenvalue weighted by atomic mass is 10.1. The number of nitrogens with two attached hydrogens (primary N) is 1. The van der Waals surface area contributed by atoms with Crippen molar-refractivity contribution in [2.75, 3.05) is 36.5 Å². The number of hydrogen-bond acceptors (Lipinski definition) is 6. The van der Waals surface area contributed by atoms with Crippen molar-refractivity contribution in [3.05, 3.63) is 47.8 Å². The Bertz CT molecular complexity index is 1100. The molecular formula is C21H27N5O4S2. The number of rotatable bonds is 7. The van der Waals surface area contributed by atoms with Crippen LogP contribution in [-0.4, -0.2) is 71.6 Å². The molecule has 0 aliphatic carbocycles. The molecule has 32 heavy (non-hydrogen) atoms. The van der Waals surface area contributed by atoms with Gasteiger partial charge in [0.05, 0.1) is 6.04 Å². The molecule has 0 radical (unpaired) electrons. The average molecular weight is 478 g/mol. The minimum Gasteiger partial charge on any atom is -0.368 e. The maximum atomic E-state index is 12.9. The van der Waals surface area contributed by atoms with Gasteiger partial charge in [0.1, 0.15) is 10.6 Å². The quantitative estimate of drug-likeness (QED) is 0.554. The summed E-state index contributed by atoms with van der Waals surface area (Å²) in [6.45, 7) is 2.19. The number of amides is 2. The van der Waals surface area contributed by atoms with Gasteiger partial charge < -0.3 is 16.0 Å². The fourth-order valence-corrected chi connectivity index (χ4v) is 6.69. The van der Waals surface area contributed by atoms with Gasteiger partial charge in [-0.3, -0.25) is 14.5 Å². The summed E-state index contributed by atoms with van der Waals surface area (Å²) < 4.78 is 27.1. The van der Waals surface area contributed by atoms with Crippen molar-refractivity contribution >= 4 is 39.3 Å². The van der Waals surface area contributed by atoms with E-state index < -0.39 is 15.9 Å². The van der Waals surface area contributed by atoms with Gasteiger partial charge in [-0.05, 0) is 37.1 Å². The van der Waals surface area contributed by atoms with Crippen molar-refractivity contribution in [3.63, 3.8) is 0 Å². The first kappa shape index (κ1) is 22.8. The number of anilines is 1. The number of benzene rings is 1. The molecule has 2 aliphatic heterocycles. The summed E-state index contributed by atoms with van der Waals surface area (Å²) in [6, 6.07) is 8.44. The summed E-state index contributed by atoms with van der Waals surface area (Å²) in [5.74, 6) is 0.764. The van der Waals surface area contributed by atoms with Crippen molar-refractivity contribution in [2.45, 2.75) is 30.3 Å². The van der Waals surface area contributed by atoms with E-state index in [1.807, 2.05) is 23.1 Å². The van der Waals surface area contributed by atoms with E-state index in [-0.39, 0.29) is 22.5 Å². The van der Waals surface area contributed by atoms with Crippen LogP contribution in [0.3, 0.4) is 0 Å². The second kappa shape index (κ2) is 9.65. The Morgan fingerprint density at radius 3 is 2.69 bits per heavy atom. The van der Waals surface area contributed by atoms with Gasteiger partial charge in [-0.25, -0.2) is 8.42 Å². The number of sulfonamides is 1. The SMILES string of the molecule is NC(=O)C1CCCN1Cc1ccccc1NC(=O)c1cc(S(=O)(=O)N2CCSCC2)c[nH]1. The highest BCUT2D eigenvalue weighted by Gasteiger charge is 2.30. The summed E-state index contributed by atoms with van der Waals surface area (Å²) in [7, 11) is -3.63. The predicted octanol–water partition coefficient (Wildman–Crippen LogP) is 1.45. The topological polar surface area (TPSA) is 129 Å². The number of thioether (sulfide) groups is 1. The van der Waals surface area contributed by atoms with Crippen LogP contribution in [0.5, 0.6) is 0 Å². The van der Waals surface area contributed by atoms with Crippen LogP contribution in [0.4, 0.5) is 5.69 Å². The second-order valence-corrected chi connectivity index (χ2v) is 11.1. The number of hydrogen-bond donors (Lipinski definition) is 3. The number of primary amides is 1. The molecule has 172 valence electrons. The molecule has 0 spiro atoms. The van der Waals surface area contributed by atoms with Gasteiger partial charge in [0.25, 0.3) is 5.91 Å². The smallest absolute Gasteiger partial charge is 0.272 e. The molecule has 1 aromatic carbocycles. The van der Waals surface area contributed by atoms with Gasteiger partial charge in [-0.15, -0.1) is 0 Å². The molecule has 2 saturated heterocycles. The van der Waals surface area contributed by atoms with Gasteiger partial charge >= 0.3 is 0 Å². The Morgan fingerprint density at radius 1 is 1.19 bits per heavy atom. The third kappa shape index (κ3) is 4.85. The molecule has 4 N–H and O–H groups in total. The minimum absolute atomic E-state index is 0.0872. The third-order valence-electron chi connectivity index (χ3n) is 5.84. The zero-order valence-electron chi connectivity index (χ0n) is 17.6. The highest BCUT2D eigenvalue weighted by Crippen LogP contribution is 2.25. The molecular weight excluding hydrogens is 450 g/mol. The average Bonchev–Trinajstić information content (AvgIpc) is 3.46. The highest BCUT2D eigenvalue weighted by atomic mass is 32.2. The zero-order valence-corrected chi connectivity index (χ0v) is 19.3. The summed E-state index contributed by atoms with van der Waals surface area (Å²) in [5, 5.41) is 2.86. The Hall–Kier alpha value is -2.34. The summed E-state index contributed by atoms with van der Waals surface area (Å²) in [4.78, 5) is 29.4. The Morgan fingerprint density at radius 2 is 1.94 bits per heavy atom. The van der Waals surface area contributed by atoms with E-state index in [4.69, 9.17) is 5.73 Å². The van der Waals surface area contributed by atoms with Crippen LogP contribution in [0.15, 0.2) is 41.4 Å². The number of carbonyl (C=O) groups is 2. The summed E-state index contributed by atoms with van der Waals surface area (Å²) >= 11 is 1.73. The molecule has 2 aromatic rings. The van der Waals surface area contributed by atoms with Crippen LogP contribution in [0, 0.1) is 0 Å². The van der Waals surface area contributed by atoms with Crippen molar-refractivity contribution in [1.82, 2.24) is 14.2 Å². The Kier molecular flexibility index (Phi) is 6.89. The van der Waals surface area contributed by atoms with Gasteiger partial charge in [0.2, 0.25) is 15.9 Å². The van der Waals surface area contributed by atoms with E-state index in [1.165, 1.54) is 16.6 Å². The van der Waals surface area contributed by atoms with Crippen LogP contribution < -0.4 is 11.1 Å². The molecule has 3 heterocycles. The van der Waals surface area contributed by atoms with Crippen molar-refractivity contribution < 1.29 is 18.0 Å². The molecule has 4 rings (SSSR count). The van der Waals surface area contributed by atoms with Crippen LogP contribution in [-0.2, 0) is 21.4 Å².